The number of ether oxygens (including phenoxy) is 1. The van der Waals surface area contributed by atoms with Gasteiger partial charge in [-0.2, -0.15) is 5.10 Å². The summed E-state index contributed by atoms with van der Waals surface area (Å²) in [5, 5.41) is 4.20. The molecule has 0 bridgehead atoms. The van der Waals surface area contributed by atoms with Crippen LogP contribution in [0.1, 0.15) is 11.5 Å². The van der Waals surface area contributed by atoms with Crippen molar-refractivity contribution in [1.29, 1.82) is 0 Å². The van der Waals surface area contributed by atoms with Crippen molar-refractivity contribution < 1.29 is 4.74 Å². The molecule has 2 aromatic rings. The Morgan fingerprint density at radius 3 is 2.65 bits per heavy atom. The summed E-state index contributed by atoms with van der Waals surface area (Å²) in [6, 6.07) is 8.34. The maximum atomic E-state index is 6.03. The first-order valence-electron chi connectivity index (χ1n) is 5.72. The zero-order valence-corrected chi connectivity index (χ0v) is 9.76. The highest BCUT2D eigenvalue weighted by molar-refractivity contribution is 5.76. The Labute approximate surface area is 100 Å². The molecule has 2 heterocycles. The number of aromatic nitrogens is 2. The van der Waals surface area contributed by atoms with Crippen LogP contribution in [-0.2, 0) is 11.8 Å². The highest BCUT2D eigenvalue weighted by atomic mass is 16.5. The second kappa shape index (κ2) is 3.89. The van der Waals surface area contributed by atoms with E-state index in [1.807, 2.05) is 19.3 Å². The van der Waals surface area contributed by atoms with Crippen LogP contribution < -0.4 is 5.73 Å². The molecule has 0 amide bonds. The first kappa shape index (κ1) is 10.4. The lowest BCUT2D eigenvalue weighted by Gasteiger charge is -2.28. The number of nitrogen functional groups attached to an aromatic ring is 1. The van der Waals surface area contributed by atoms with E-state index in [-0.39, 0.29) is 0 Å². The predicted octanol–water partition coefficient (Wildman–Crippen LogP) is 1.78. The zero-order valence-electron chi connectivity index (χ0n) is 9.76. The van der Waals surface area contributed by atoms with Crippen LogP contribution in [0.2, 0.25) is 0 Å². The van der Waals surface area contributed by atoms with Crippen molar-refractivity contribution in [3.63, 3.8) is 0 Å². The molecule has 3 rings (SSSR count). The standard InChI is InChI=1S/C13H15N3O/c1-16-13(14)12(6-15-16)11-5-3-2-4-10(11)9-7-17-8-9/h2-6,9H,7-8,14H2,1H3. The van der Waals surface area contributed by atoms with Gasteiger partial charge in [0.2, 0.25) is 0 Å². The van der Waals surface area contributed by atoms with Gasteiger partial charge in [-0.05, 0) is 11.1 Å². The first-order chi connectivity index (χ1) is 8.27. The van der Waals surface area contributed by atoms with Gasteiger partial charge in [-0.15, -0.1) is 0 Å². The van der Waals surface area contributed by atoms with E-state index < -0.39 is 0 Å². The number of rotatable bonds is 2. The van der Waals surface area contributed by atoms with Gasteiger partial charge in [0.15, 0.2) is 0 Å². The third kappa shape index (κ3) is 1.61. The lowest BCUT2D eigenvalue weighted by atomic mass is 9.90. The van der Waals surface area contributed by atoms with Gasteiger partial charge in [-0.1, -0.05) is 24.3 Å². The Kier molecular flexibility index (Phi) is 2.37. The van der Waals surface area contributed by atoms with Crippen molar-refractivity contribution in [2.75, 3.05) is 18.9 Å². The van der Waals surface area contributed by atoms with Crippen molar-refractivity contribution in [1.82, 2.24) is 9.78 Å². The van der Waals surface area contributed by atoms with Crippen LogP contribution in [0.4, 0.5) is 5.82 Å². The van der Waals surface area contributed by atoms with E-state index >= 15 is 0 Å². The molecular formula is C13H15N3O. The van der Waals surface area contributed by atoms with Gasteiger partial charge in [0.25, 0.3) is 0 Å². The summed E-state index contributed by atoms with van der Waals surface area (Å²) in [7, 11) is 1.86. The average Bonchev–Trinajstić information content (AvgIpc) is 2.59. The summed E-state index contributed by atoms with van der Waals surface area (Å²) < 4.78 is 6.96. The van der Waals surface area contributed by atoms with Crippen molar-refractivity contribution in [3.05, 3.63) is 36.0 Å². The van der Waals surface area contributed by atoms with E-state index in [9.17, 15) is 0 Å². The van der Waals surface area contributed by atoms with Gasteiger partial charge >= 0.3 is 0 Å². The Morgan fingerprint density at radius 2 is 2.06 bits per heavy atom. The van der Waals surface area contributed by atoms with Gasteiger partial charge in [0, 0.05) is 18.5 Å². The highest BCUT2D eigenvalue weighted by Crippen LogP contribution is 2.35. The topological polar surface area (TPSA) is 53.1 Å². The first-order valence-corrected chi connectivity index (χ1v) is 5.72. The quantitative estimate of drug-likeness (QED) is 0.854. The van der Waals surface area contributed by atoms with Gasteiger partial charge in [-0.3, -0.25) is 4.68 Å². The predicted molar refractivity (Wildman–Crippen MR) is 66.6 cm³/mol. The molecule has 1 fully saturated rings. The number of hydrogen-bond donors (Lipinski definition) is 1. The molecule has 1 aromatic heterocycles. The number of anilines is 1. The fourth-order valence-corrected chi connectivity index (χ4v) is 2.17. The number of hydrogen-bond acceptors (Lipinski definition) is 3. The lowest BCUT2D eigenvalue weighted by molar-refractivity contribution is 0.00864. The van der Waals surface area contributed by atoms with Crippen LogP contribution in [-0.4, -0.2) is 23.0 Å². The van der Waals surface area contributed by atoms with E-state index in [4.69, 9.17) is 10.5 Å². The molecule has 0 aliphatic carbocycles. The maximum absolute atomic E-state index is 6.03. The molecule has 1 aliphatic rings. The molecule has 0 unspecified atom stereocenters. The van der Waals surface area contributed by atoms with Crippen LogP contribution >= 0.6 is 0 Å². The molecule has 0 saturated carbocycles. The SMILES string of the molecule is Cn1ncc(-c2ccccc2C2COC2)c1N. The highest BCUT2D eigenvalue weighted by Gasteiger charge is 2.24. The maximum Gasteiger partial charge on any atom is 0.129 e. The summed E-state index contributed by atoms with van der Waals surface area (Å²) in [6.07, 6.45) is 1.83. The normalized spacial score (nSPS) is 15.8. The van der Waals surface area contributed by atoms with Crippen molar-refractivity contribution in [2.24, 2.45) is 7.05 Å². The summed E-state index contributed by atoms with van der Waals surface area (Å²) in [5.41, 5.74) is 9.52. The molecule has 0 atom stereocenters. The van der Waals surface area contributed by atoms with Crippen molar-refractivity contribution in [2.45, 2.75) is 5.92 Å². The lowest BCUT2D eigenvalue weighted by Crippen LogP contribution is -2.25. The minimum absolute atomic E-state index is 0.491. The number of aryl methyl sites for hydroxylation is 1. The molecule has 1 aliphatic heterocycles. The second-order valence-corrected chi connectivity index (χ2v) is 4.39. The average molecular weight is 229 g/mol. The Morgan fingerprint density at radius 1 is 1.29 bits per heavy atom. The molecule has 0 radical (unpaired) electrons. The molecule has 88 valence electrons. The van der Waals surface area contributed by atoms with Crippen molar-refractivity contribution in [3.8, 4) is 11.1 Å². The van der Waals surface area contributed by atoms with Crippen molar-refractivity contribution >= 4 is 5.82 Å². The minimum atomic E-state index is 0.491. The number of benzene rings is 1. The summed E-state index contributed by atoms with van der Waals surface area (Å²) in [4.78, 5) is 0. The Hall–Kier alpha value is -1.81. The summed E-state index contributed by atoms with van der Waals surface area (Å²) >= 11 is 0. The van der Waals surface area contributed by atoms with Crippen LogP contribution in [0.15, 0.2) is 30.5 Å². The molecule has 1 aromatic carbocycles. The fourth-order valence-electron chi connectivity index (χ4n) is 2.17. The summed E-state index contributed by atoms with van der Waals surface area (Å²) in [5.74, 6) is 1.20. The largest absolute Gasteiger partial charge is 0.383 e. The smallest absolute Gasteiger partial charge is 0.129 e. The molecule has 17 heavy (non-hydrogen) atoms. The zero-order chi connectivity index (χ0) is 11.8. The van der Waals surface area contributed by atoms with Gasteiger partial charge in [-0.25, -0.2) is 0 Å². The van der Waals surface area contributed by atoms with Gasteiger partial charge < -0.3 is 10.5 Å². The second-order valence-electron chi connectivity index (χ2n) is 4.39. The number of nitrogens with zero attached hydrogens (tertiary/aromatic N) is 2. The van der Waals surface area contributed by atoms with E-state index in [2.05, 4.69) is 23.3 Å². The third-order valence-corrected chi connectivity index (χ3v) is 3.31. The molecular weight excluding hydrogens is 214 g/mol. The molecule has 0 spiro atoms. The molecule has 4 nitrogen and oxygen atoms in total. The fraction of sp³-hybridized carbons (Fsp3) is 0.308. The van der Waals surface area contributed by atoms with E-state index in [0.29, 0.717) is 11.7 Å². The van der Waals surface area contributed by atoms with E-state index in [1.54, 1.807) is 4.68 Å². The minimum Gasteiger partial charge on any atom is -0.383 e. The molecule has 4 heteroatoms. The van der Waals surface area contributed by atoms with Gasteiger partial charge in [0.05, 0.1) is 19.4 Å². The Bertz CT molecular complexity index is 543. The van der Waals surface area contributed by atoms with Crippen LogP contribution in [0.3, 0.4) is 0 Å². The monoisotopic (exact) mass is 229 g/mol. The Balaban J connectivity index is 2.10. The third-order valence-electron chi connectivity index (χ3n) is 3.31. The number of nitrogens with two attached hydrogens (primary N) is 1. The van der Waals surface area contributed by atoms with Crippen LogP contribution in [0.25, 0.3) is 11.1 Å². The van der Waals surface area contributed by atoms with Crippen LogP contribution in [0.5, 0.6) is 0 Å². The van der Waals surface area contributed by atoms with Crippen LogP contribution in [0, 0.1) is 0 Å². The van der Waals surface area contributed by atoms with Gasteiger partial charge in [0.1, 0.15) is 5.82 Å². The van der Waals surface area contributed by atoms with E-state index in [1.165, 1.54) is 11.1 Å². The van der Waals surface area contributed by atoms with E-state index in [0.717, 1.165) is 18.8 Å². The summed E-state index contributed by atoms with van der Waals surface area (Å²) in [6.45, 7) is 1.61. The molecule has 2 N–H and O–H groups in total. The molecule has 1 saturated heterocycles.